The van der Waals surface area contributed by atoms with Crippen LogP contribution in [0.4, 0.5) is 0 Å². The van der Waals surface area contributed by atoms with Gasteiger partial charge in [0.15, 0.2) is 5.96 Å². The maximum atomic E-state index is 5.90. The van der Waals surface area contributed by atoms with Gasteiger partial charge in [-0.05, 0) is 47.2 Å². The molecule has 0 fully saturated rings. The molecular weight excluding hydrogens is 336 g/mol. The summed E-state index contributed by atoms with van der Waals surface area (Å²) in [6.07, 6.45) is 0. The fourth-order valence-corrected chi connectivity index (χ4v) is 2.57. The van der Waals surface area contributed by atoms with E-state index < -0.39 is 0 Å². The number of hydrogen-bond donors (Lipinski definition) is 2. The molecule has 1 aromatic rings. The SMILES string of the molecule is CC1CN=C(NCc2ccc(Cl)cc2I)N1. The normalized spacial score (nSPS) is 19.2. The summed E-state index contributed by atoms with van der Waals surface area (Å²) in [5.74, 6) is 0.887. The number of guanidine groups is 1. The molecule has 1 aliphatic heterocycles. The summed E-state index contributed by atoms with van der Waals surface area (Å²) in [4.78, 5) is 4.34. The maximum absolute atomic E-state index is 5.90. The summed E-state index contributed by atoms with van der Waals surface area (Å²) in [6, 6.07) is 6.35. The first-order valence-electron chi connectivity index (χ1n) is 5.14. The largest absolute Gasteiger partial charge is 0.352 e. The first kappa shape index (κ1) is 12.0. The van der Waals surface area contributed by atoms with E-state index in [1.54, 1.807) is 0 Å². The van der Waals surface area contributed by atoms with Gasteiger partial charge in [-0.1, -0.05) is 17.7 Å². The molecule has 86 valence electrons. The van der Waals surface area contributed by atoms with E-state index in [1.165, 1.54) is 9.13 Å². The zero-order valence-electron chi connectivity index (χ0n) is 8.93. The molecule has 5 heteroatoms. The summed E-state index contributed by atoms with van der Waals surface area (Å²) in [5, 5.41) is 7.32. The van der Waals surface area contributed by atoms with E-state index in [-0.39, 0.29) is 0 Å². The Hall–Kier alpha value is -0.490. The minimum Gasteiger partial charge on any atom is -0.352 e. The van der Waals surface area contributed by atoms with E-state index in [1.807, 2.05) is 18.2 Å². The van der Waals surface area contributed by atoms with Crippen LogP contribution in [0.3, 0.4) is 0 Å². The number of nitrogens with zero attached hydrogens (tertiary/aromatic N) is 1. The fraction of sp³-hybridized carbons (Fsp3) is 0.364. The molecule has 0 radical (unpaired) electrons. The molecule has 1 unspecified atom stereocenters. The van der Waals surface area contributed by atoms with Crippen LogP contribution in [-0.2, 0) is 6.54 Å². The number of nitrogens with one attached hydrogen (secondary N) is 2. The number of benzene rings is 1. The van der Waals surface area contributed by atoms with Crippen molar-refractivity contribution in [2.45, 2.75) is 19.5 Å². The maximum Gasteiger partial charge on any atom is 0.191 e. The van der Waals surface area contributed by atoms with Crippen molar-refractivity contribution in [2.24, 2.45) is 4.99 Å². The molecular formula is C11H13ClIN3. The van der Waals surface area contributed by atoms with E-state index in [2.05, 4.69) is 45.1 Å². The summed E-state index contributed by atoms with van der Waals surface area (Å²) in [7, 11) is 0. The average molecular weight is 350 g/mol. The molecule has 0 spiro atoms. The van der Waals surface area contributed by atoms with Crippen LogP contribution in [0.15, 0.2) is 23.2 Å². The highest BCUT2D eigenvalue weighted by Crippen LogP contribution is 2.17. The Morgan fingerprint density at radius 2 is 2.44 bits per heavy atom. The third-order valence-corrected chi connectivity index (χ3v) is 3.61. The smallest absolute Gasteiger partial charge is 0.191 e. The molecule has 1 aliphatic rings. The van der Waals surface area contributed by atoms with Crippen molar-refractivity contribution in [1.82, 2.24) is 10.6 Å². The topological polar surface area (TPSA) is 36.4 Å². The van der Waals surface area contributed by atoms with Crippen LogP contribution in [0.2, 0.25) is 5.02 Å². The number of hydrogen-bond acceptors (Lipinski definition) is 3. The minimum absolute atomic E-state index is 0.437. The highest BCUT2D eigenvalue weighted by atomic mass is 127. The molecule has 0 saturated heterocycles. The lowest BCUT2D eigenvalue weighted by Crippen LogP contribution is -2.37. The van der Waals surface area contributed by atoms with Crippen molar-refractivity contribution in [3.63, 3.8) is 0 Å². The van der Waals surface area contributed by atoms with Crippen LogP contribution in [0, 0.1) is 3.57 Å². The summed E-state index contributed by atoms with van der Waals surface area (Å²) in [6.45, 7) is 3.73. The molecule has 2 rings (SSSR count). The lowest BCUT2D eigenvalue weighted by atomic mass is 10.2. The van der Waals surface area contributed by atoms with Crippen LogP contribution in [0.5, 0.6) is 0 Å². The van der Waals surface area contributed by atoms with Gasteiger partial charge in [0.2, 0.25) is 0 Å². The van der Waals surface area contributed by atoms with Crippen LogP contribution in [-0.4, -0.2) is 18.5 Å². The average Bonchev–Trinajstić information content (AvgIpc) is 2.63. The molecule has 0 amide bonds. The number of halogens is 2. The summed E-state index contributed by atoms with van der Waals surface area (Å²) in [5.41, 5.74) is 1.23. The van der Waals surface area contributed by atoms with Crippen molar-refractivity contribution >= 4 is 40.2 Å². The van der Waals surface area contributed by atoms with Gasteiger partial charge in [0.05, 0.1) is 6.54 Å². The van der Waals surface area contributed by atoms with E-state index in [9.17, 15) is 0 Å². The third kappa shape index (κ3) is 3.01. The predicted molar refractivity (Wildman–Crippen MR) is 75.9 cm³/mol. The Morgan fingerprint density at radius 3 is 3.06 bits per heavy atom. The quantitative estimate of drug-likeness (QED) is 0.804. The Labute approximate surface area is 114 Å². The molecule has 16 heavy (non-hydrogen) atoms. The molecule has 1 aromatic carbocycles. The standard InChI is InChI=1S/C11H13ClIN3/c1-7-5-14-11(16-7)15-6-8-2-3-9(12)4-10(8)13/h2-4,7H,5-6H2,1H3,(H2,14,15,16). The van der Waals surface area contributed by atoms with Crippen LogP contribution >= 0.6 is 34.2 Å². The number of aliphatic imine (C=N–C) groups is 1. The van der Waals surface area contributed by atoms with Crippen molar-refractivity contribution in [2.75, 3.05) is 6.54 Å². The monoisotopic (exact) mass is 349 g/mol. The van der Waals surface area contributed by atoms with E-state index >= 15 is 0 Å². The first-order chi connectivity index (χ1) is 7.65. The Morgan fingerprint density at radius 1 is 1.62 bits per heavy atom. The van der Waals surface area contributed by atoms with Gasteiger partial charge in [-0.2, -0.15) is 0 Å². The summed E-state index contributed by atoms with van der Waals surface area (Å²) < 4.78 is 1.17. The van der Waals surface area contributed by atoms with Crippen molar-refractivity contribution in [3.8, 4) is 0 Å². The highest BCUT2D eigenvalue weighted by molar-refractivity contribution is 14.1. The molecule has 0 bridgehead atoms. The Kier molecular flexibility index (Phi) is 3.91. The first-order valence-corrected chi connectivity index (χ1v) is 6.59. The predicted octanol–water partition coefficient (Wildman–Crippen LogP) is 2.38. The van der Waals surface area contributed by atoms with E-state index in [4.69, 9.17) is 11.6 Å². The molecule has 0 saturated carbocycles. The van der Waals surface area contributed by atoms with Gasteiger partial charge in [-0.25, -0.2) is 0 Å². The highest BCUT2D eigenvalue weighted by Gasteiger charge is 2.11. The molecule has 2 N–H and O–H groups in total. The second kappa shape index (κ2) is 5.23. The van der Waals surface area contributed by atoms with Crippen LogP contribution in [0.25, 0.3) is 0 Å². The molecule has 1 atom stereocenters. The Bertz CT molecular complexity index is 420. The van der Waals surface area contributed by atoms with Gasteiger partial charge in [0, 0.05) is 21.2 Å². The fourth-order valence-electron chi connectivity index (χ4n) is 1.50. The van der Waals surface area contributed by atoms with Crippen molar-refractivity contribution in [1.29, 1.82) is 0 Å². The van der Waals surface area contributed by atoms with Gasteiger partial charge in [0.1, 0.15) is 0 Å². The van der Waals surface area contributed by atoms with Gasteiger partial charge in [-0.3, -0.25) is 4.99 Å². The van der Waals surface area contributed by atoms with Crippen LogP contribution < -0.4 is 10.6 Å². The zero-order valence-corrected chi connectivity index (χ0v) is 11.8. The van der Waals surface area contributed by atoms with Gasteiger partial charge in [-0.15, -0.1) is 0 Å². The van der Waals surface area contributed by atoms with E-state index in [0.29, 0.717) is 6.04 Å². The molecule has 0 aliphatic carbocycles. The molecule has 3 nitrogen and oxygen atoms in total. The van der Waals surface area contributed by atoms with Gasteiger partial charge < -0.3 is 10.6 Å². The van der Waals surface area contributed by atoms with Gasteiger partial charge in [0.25, 0.3) is 0 Å². The summed E-state index contributed by atoms with van der Waals surface area (Å²) >= 11 is 8.19. The lowest BCUT2D eigenvalue weighted by molar-refractivity contribution is 0.713. The second-order valence-corrected chi connectivity index (χ2v) is 5.42. The zero-order chi connectivity index (χ0) is 11.5. The van der Waals surface area contributed by atoms with Crippen LogP contribution in [0.1, 0.15) is 12.5 Å². The second-order valence-electron chi connectivity index (χ2n) is 3.82. The minimum atomic E-state index is 0.437. The third-order valence-electron chi connectivity index (χ3n) is 2.37. The Balaban J connectivity index is 1.95. The molecule has 0 aromatic heterocycles. The van der Waals surface area contributed by atoms with Crippen molar-refractivity contribution in [3.05, 3.63) is 32.4 Å². The number of rotatable bonds is 2. The van der Waals surface area contributed by atoms with Crippen molar-refractivity contribution < 1.29 is 0 Å². The lowest BCUT2D eigenvalue weighted by Gasteiger charge is -2.10. The molecule has 1 heterocycles. The van der Waals surface area contributed by atoms with E-state index in [0.717, 1.165) is 24.1 Å². The van der Waals surface area contributed by atoms with Gasteiger partial charge >= 0.3 is 0 Å².